The minimum atomic E-state index is -0.673. The van der Waals surface area contributed by atoms with E-state index in [0.717, 1.165) is 41.7 Å². The Kier molecular flexibility index (Phi) is 10.1. The SMILES string of the molecule is COc1cc([C@@H]2c3cc4c(cc3[C@H](OC(=O)CCCCC3CCSC(c5ccc(C)cc5)S3)[C@H]3COC(=O)[C@H]23)OCO4)cc(OC)c1OC. The van der Waals surface area contributed by atoms with Gasteiger partial charge in [-0.05, 0) is 72.9 Å². The lowest BCUT2D eigenvalue weighted by Crippen LogP contribution is -2.36. The van der Waals surface area contributed by atoms with Crippen LogP contribution in [0.3, 0.4) is 0 Å². The lowest BCUT2D eigenvalue weighted by Gasteiger charge is -2.38. The van der Waals surface area contributed by atoms with Crippen LogP contribution in [0.2, 0.25) is 0 Å². The second kappa shape index (κ2) is 14.6. The van der Waals surface area contributed by atoms with Gasteiger partial charge in [0.1, 0.15) is 6.10 Å². The van der Waals surface area contributed by atoms with Gasteiger partial charge < -0.3 is 33.2 Å². The fourth-order valence-corrected chi connectivity index (χ4v) is 10.9. The molecule has 9 nitrogen and oxygen atoms in total. The quantitative estimate of drug-likeness (QED) is 0.145. The molecule has 4 aliphatic rings. The summed E-state index contributed by atoms with van der Waals surface area (Å²) in [6, 6.07) is 16.4. The Hall–Kier alpha value is -3.70. The zero-order valence-corrected chi connectivity index (χ0v) is 29.9. The minimum absolute atomic E-state index is 0.0934. The second-order valence-corrected chi connectivity index (χ2v) is 15.8. The number of ether oxygens (including phenoxy) is 7. The summed E-state index contributed by atoms with van der Waals surface area (Å²) in [6.45, 7) is 2.36. The molecule has 0 saturated carbocycles. The zero-order valence-electron chi connectivity index (χ0n) is 28.2. The van der Waals surface area contributed by atoms with Crippen LogP contribution in [0.5, 0.6) is 28.7 Å². The lowest BCUT2D eigenvalue weighted by molar-refractivity contribution is -0.154. The summed E-state index contributed by atoms with van der Waals surface area (Å²) in [6.07, 6.45) is 3.59. The average Bonchev–Trinajstić information content (AvgIpc) is 3.75. The Morgan fingerprint density at radius 2 is 1.59 bits per heavy atom. The summed E-state index contributed by atoms with van der Waals surface area (Å²) < 4.78 is 40.8. The third-order valence-electron chi connectivity index (χ3n) is 9.96. The number of esters is 2. The summed E-state index contributed by atoms with van der Waals surface area (Å²) in [5.74, 6) is 1.69. The van der Waals surface area contributed by atoms with Crippen molar-refractivity contribution >= 4 is 35.5 Å². The molecule has 0 bridgehead atoms. The number of unbranched alkanes of at least 4 members (excludes halogenated alkanes) is 1. The molecule has 3 aliphatic heterocycles. The Bertz CT molecular complexity index is 1670. The molecule has 0 amide bonds. The van der Waals surface area contributed by atoms with Crippen molar-refractivity contribution in [3.8, 4) is 28.7 Å². The van der Waals surface area contributed by atoms with Crippen molar-refractivity contribution in [2.24, 2.45) is 11.8 Å². The number of thioether (sulfide) groups is 2. The van der Waals surface area contributed by atoms with Crippen molar-refractivity contribution in [1.29, 1.82) is 0 Å². The number of hydrogen-bond acceptors (Lipinski definition) is 11. The highest BCUT2D eigenvalue weighted by Crippen LogP contribution is 2.56. The third kappa shape index (κ3) is 6.76. The highest BCUT2D eigenvalue weighted by atomic mass is 32.2. The molecule has 0 spiro atoms. The molecule has 260 valence electrons. The number of cyclic esters (lactones) is 1. The highest BCUT2D eigenvalue weighted by Gasteiger charge is 2.54. The van der Waals surface area contributed by atoms with Crippen molar-refractivity contribution in [1.82, 2.24) is 0 Å². The topological polar surface area (TPSA) is 98.8 Å². The predicted octanol–water partition coefficient (Wildman–Crippen LogP) is 7.77. The molecular weight excluding hydrogens is 665 g/mol. The molecule has 11 heteroatoms. The van der Waals surface area contributed by atoms with Gasteiger partial charge in [-0.15, -0.1) is 23.5 Å². The number of hydrogen-bond donors (Lipinski definition) is 0. The van der Waals surface area contributed by atoms with Gasteiger partial charge in [0.05, 0.1) is 38.4 Å². The normalized spacial score (nSPS) is 25.2. The van der Waals surface area contributed by atoms with Crippen molar-refractivity contribution in [2.45, 2.75) is 60.9 Å². The smallest absolute Gasteiger partial charge is 0.310 e. The van der Waals surface area contributed by atoms with E-state index in [1.165, 1.54) is 17.5 Å². The molecule has 0 aromatic heterocycles. The Balaban J connectivity index is 1.08. The highest BCUT2D eigenvalue weighted by molar-refractivity contribution is 8.17. The van der Waals surface area contributed by atoms with Crippen molar-refractivity contribution < 1.29 is 42.7 Å². The van der Waals surface area contributed by atoms with Crippen molar-refractivity contribution in [2.75, 3.05) is 40.5 Å². The molecule has 2 fully saturated rings. The first-order chi connectivity index (χ1) is 23.9. The molecule has 0 radical (unpaired) electrons. The fourth-order valence-electron chi connectivity index (χ4n) is 7.49. The van der Waals surface area contributed by atoms with Crippen LogP contribution in [-0.4, -0.2) is 57.7 Å². The van der Waals surface area contributed by atoms with Gasteiger partial charge in [0, 0.05) is 29.1 Å². The fraction of sp³-hybridized carbons (Fsp3) is 0.474. The molecule has 6 atom stereocenters. The molecule has 3 heterocycles. The van der Waals surface area contributed by atoms with Crippen molar-refractivity contribution in [3.05, 3.63) is 76.3 Å². The summed E-state index contributed by atoms with van der Waals surface area (Å²) in [7, 11) is 4.67. The van der Waals surface area contributed by atoms with E-state index in [1.807, 2.05) is 36.0 Å². The van der Waals surface area contributed by atoms with E-state index in [9.17, 15) is 9.59 Å². The first-order valence-corrected chi connectivity index (χ1v) is 18.8. The number of carbonyl (C=O) groups excluding carboxylic acids is 2. The molecule has 3 aromatic carbocycles. The predicted molar refractivity (Wildman–Crippen MR) is 188 cm³/mol. The maximum atomic E-state index is 13.5. The number of rotatable bonds is 11. The van der Waals surface area contributed by atoms with Crippen LogP contribution in [-0.2, 0) is 19.1 Å². The molecule has 2 unspecified atom stereocenters. The first-order valence-electron chi connectivity index (χ1n) is 16.8. The van der Waals surface area contributed by atoms with Crippen molar-refractivity contribution in [3.63, 3.8) is 0 Å². The summed E-state index contributed by atoms with van der Waals surface area (Å²) >= 11 is 4.07. The number of carbonyl (C=O) groups is 2. The van der Waals surface area contributed by atoms with Gasteiger partial charge in [0.2, 0.25) is 12.5 Å². The number of benzene rings is 3. The van der Waals surface area contributed by atoms with E-state index < -0.39 is 17.9 Å². The van der Waals surface area contributed by atoms with E-state index in [0.29, 0.717) is 45.0 Å². The standard InChI is InChI=1S/C38H42O9S2/c1-21-9-11-22(12-10-21)38-48-14-13-24(49-38)7-5-6-8-32(39)47-35-26-18-29-28(45-20-46-29)17-25(26)33(34-27(35)19-44-37(34)40)23-15-30(41-2)36(43-4)31(16-23)42-3/h9-12,15-18,24,27,33-35,38H,5-8,13-14,19-20H2,1-4H3/t24?,27-,33+,34-,35-,38?/m0/s1. The summed E-state index contributed by atoms with van der Waals surface area (Å²) in [5.41, 5.74) is 5.05. The van der Waals surface area contributed by atoms with Gasteiger partial charge in [-0.25, -0.2) is 0 Å². The number of fused-ring (bicyclic) bond motifs is 3. The Labute approximate surface area is 295 Å². The molecule has 1 aliphatic carbocycles. The van der Waals surface area contributed by atoms with E-state index in [-0.39, 0.29) is 31.3 Å². The van der Waals surface area contributed by atoms with Gasteiger partial charge in [0.15, 0.2) is 23.0 Å². The Morgan fingerprint density at radius 1 is 0.878 bits per heavy atom. The summed E-state index contributed by atoms with van der Waals surface area (Å²) in [4.78, 5) is 26.9. The van der Waals surface area contributed by atoms with Crippen LogP contribution in [0.4, 0.5) is 0 Å². The maximum Gasteiger partial charge on any atom is 0.310 e. The van der Waals surface area contributed by atoms with E-state index in [2.05, 4.69) is 43.0 Å². The van der Waals surface area contributed by atoms with Crippen LogP contribution in [0.15, 0.2) is 48.5 Å². The Morgan fingerprint density at radius 3 is 2.29 bits per heavy atom. The lowest BCUT2D eigenvalue weighted by atomic mass is 9.66. The molecule has 49 heavy (non-hydrogen) atoms. The molecular formula is C38H42O9S2. The van der Waals surface area contributed by atoms with Crippen LogP contribution >= 0.6 is 23.5 Å². The molecule has 2 saturated heterocycles. The second-order valence-electron chi connectivity index (χ2n) is 12.9. The maximum absolute atomic E-state index is 13.5. The van der Waals surface area contributed by atoms with Crippen LogP contribution in [0, 0.1) is 18.8 Å². The van der Waals surface area contributed by atoms with Gasteiger partial charge in [-0.2, -0.15) is 0 Å². The van der Waals surface area contributed by atoms with Gasteiger partial charge in [-0.1, -0.05) is 36.2 Å². The third-order valence-corrected chi connectivity index (χ3v) is 13.1. The van der Waals surface area contributed by atoms with Gasteiger partial charge in [0.25, 0.3) is 0 Å². The average molecular weight is 707 g/mol. The van der Waals surface area contributed by atoms with E-state index in [4.69, 9.17) is 33.2 Å². The monoisotopic (exact) mass is 706 g/mol. The van der Waals surface area contributed by atoms with E-state index >= 15 is 0 Å². The van der Waals surface area contributed by atoms with Crippen LogP contribution in [0.25, 0.3) is 0 Å². The van der Waals surface area contributed by atoms with Gasteiger partial charge >= 0.3 is 11.9 Å². The molecule has 3 aromatic rings. The van der Waals surface area contributed by atoms with Crippen LogP contribution < -0.4 is 23.7 Å². The molecule has 7 rings (SSSR count). The van der Waals surface area contributed by atoms with Crippen LogP contribution in [0.1, 0.15) is 76.5 Å². The number of aryl methyl sites for hydroxylation is 1. The first kappa shape index (κ1) is 33.8. The minimum Gasteiger partial charge on any atom is -0.493 e. The molecule has 0 N–H and O–H groups in total. The zero-order chi connectivity index (χ0) is 34.1. The largest absolute Gasteiger partial charge is 0.493 e. The summed E-state index contributed by atoms with van der Waals surface area (Å²) in [5, 5.41) is 0.577. The van der Waals surface area contributed by atoms with Gasteiger partial charge in [-0.3, -0.25) is 9.59 Å². The number of methoxy groups -OCH3 is 3. The van der Waals surface area contributed by atoms with E-state index in [1.54, 1.807) is 21.3 Å².